The maximum absolute atomic E-state index is 12.8. The SMILES string of the molecule is Cn1c(C(F)F)nc2cc(C(=O)N3CC[C@H](O)C3)ccc21. The van der Waals surface area contributed by atoms with Crippen molar-refractivity contribution in [2.75, 3.05) is 13.1 Å². The van der Waals surface area contributed by atoms with E-state index in [-0.39, 0.29) is 11.7 Å². The molecule has 1 saturated heterocycles. The number of aromatic nitrogens is 2. The van der Waals surface area contributed by atoms with E-state index >= 15 is 0 Å². The molecule has 0 unspecified atom stereocenters. The molecule has 0 radical (unpaired) electrons. The average molecular weight is 295 g/mol. The van der Waals surface area contributed by atoms with Crippen molar-refractivity contribution in [3.63, 3.8) is 0 Å². The minimum absolute atomic E-state index is 0.210. The van der Waals surface area contributed by atoms with Crippen LogP contribution in [0.2, 0.25) is 0 Å². The fraction of sp³-hybridized carbons (Fsp3) is 0.429. The number of rotatable bonds is 2. The molecule has 0 spiro atoms. The summed E-state index contributed by atoms with van der Waals surface area (Å²) in [5.41, 5.74) is 1.33. The van der Waals surface area contributed by atoms with Gasteiger partial charge in [0.15, 0.2) is 5.82 Å². The molecule has 0 bridgehead atoms. The molecule has 0 aliphatic carbocycles. The number of likely N-dealkylation sites (tertiary alicyclic amines) is 1. The van der Waals surface area contributed by atoms with Crippen molar-refractivity contribution in [1.82, 2.24) is 14.5 Å². The van der Waals surface area contributed by atoms with Gasteiger partial charge in [0, 0.05) is 25.7 Å². The van der Waals surface area contributed by atoms with Crippen molar-refractivity contribution in [3.05, 3.63) is 29.6 Å². The second kappa shape index (κ2) is 5.07. The number of hydrogen-bond acceptors (Lipinski definition) is 3. The quantitative estimate of drug-likeness (QED) is 0.917. The van der Waals surface area contributed by atoms with Gasteiger partial charge in [-0.25, -0.2) is 13.8 Å². The Morgan fingerprint density at radius 1 is 1.48 bits per heavy atom. The molecule has 5 nitrogen and oxygen atoms in total. The van der Waals surface area contributed by atoms with Gasteiger partial charge in [-0.3, -0.25) is 4.79 Å². The molecule has 2 heterocycles. The zero-order chi connectivity index (χ0) is 15.1. The Kier molecular flexibility index (Phi) is 3.36. The summed E-state index contributed by atoms with van der Waals surface area (Å²) < 4.78 is 27.0. The van der Waals surface area contributed by atoms with Gasteiger partial charge in [-0.2, -0.15) is 0 Å². The number of halogens is 2. The molecule has 1 amide bonds. The number of aliphatic hydroxyl groups is 1. The lowest BCUT2D eigenvalue weighted by Crippen LogP contribution is -2.29. The van der Waals surface area contributed by atoms with Crippen LogP contribution >= 0.6 is 0 Å². The zero-order valence-electron chi connectivity index (χ0n) is 11.5. The van der Waals surface area contributed by atoms with Crippen LogP contribution in [-0.2, 0) is 7.05 Å². The predicted molar refractivity (Wildman–Crippen MR) is 72.2 cm³/mol. The van der Waals surface area contributed by atoms with Crippen molar-refractivity contribution < 1.29 is 18.7 Å². The van der Waals surface area contributed by atoms with Crippen molar-refractivity contribution in [2.24, 2.45) is 7.05 Å². The Morgan fingerprint density at radius 3 is 2.86 bits per heavy atom. The number of amides is 1. The van der Waals surface area contributed by atoms with E-state index in [1.165, 1.54) is 17.7 Å². The Morgan fingerprint density at radius 2 is 2.24 bits per heavy atom. The number of β-amino-alcohol motifs (C(OH)–C–C–N with tert-alkyl or cyclic N) is 1. The summed E-state index contributed by atoms with van der Waals surface area (Å²) in [7, 11) is 1.52. The van der Waals surface area contributed by atoms with Crippen LogP contribution in [0, 0.1) is 0 Å². The van der Waals surface area contributed by atoms with Gasteiger partial charge in [-0.1, -0.05) is 0 Å². The Bertz CT molecular complexity index is 699. The van der Waals surface area contributed by atoms with Gasteiger partial charge in [0.05, 0.1) is 17.1 Å². The molecule has 3 rings (SSSR count). The predicted octanol–water partition coefficient (Wildman–Crippen LogP) is 1.72. The summed E-state index contributed by atoms with van der Waals surface area (Å²) in [6, 6.07) is 4.74. The maximum atomic E-state index is 12.8. The number of imidazole rings is 1. The largest absolute Gasteiger partial charge is 0.391 e. The standard InChI is InChI=1S/C14H15F2N3O2/c1-18-11-3-2-8(6-10(11)17-13(18)12(15)16)14(21)19-5-4-9(20)7-19/h2-3,6,9,12,20H,4-5,7H2,1H3/t9-/m0/s1. The lowest BCUT2D eigenvalue weighted by atomic mass is 10.2. The van der Waals surface area contributed by atoms with Gasteiger partial charge >= 0.3 is 0 Å². The number of aryl methyl sites for hydroxylation is 1. The average Bonchev–Trinajstić information content (AvgIpc) is 3.02. The molecule has 112 valence electrons. The summed E-state index contributed by atoms with van der Waals surface area (Å²) in [5.74, 6) is -0.524. The molecule has 1 aromatic carbocycles. The van der Waals surface area contributed by atoms with Gasteiger partial charge in [-0.05, 0) is 24.6 Å². The number of nitrogens with zero attached hydrogens (tertiary/aromatic N) is 3. The minimum Gasteiger partial charge on any atom is -0.391 e. The fourth-order valence-corrected chi connectivity index (χ4v) is 2.66. The van der Waals surface area contributed by atoms with Gasteiger partial charge in [-0.15, -0.1) is 0 Å². The highest BCUT2D eigenvalue weighted by atomic mass is 19.3. The van der Waals surface area contributed by atoms with Crippen molar-refractivity contribution in [3.8, 4) is 0 Å². The molecule has 1 fully saturated rings. The number of alkyl halides is 2. The lowest BCUT2D eigenvalue weighted by molar-refractivity contribution is 0.0765. The molecule has 1 N–H and O–H groups in total. The van der Waals surface area contributed by atoms with E-state index in [2.05, 4.69) is 4.98 Å². The number of aliphatic hydroxyl groups excluding tert-OH is 1. The van der Waals surface area contributed by atoms with Crippen LogP contribution in [0.15, 0.2) is 18.2 Å². The third-order valence-corrected chi connectivity index (χ3v) is 3.81. The molecule has 1 aliphatic rings. The number of benzene rings is 1. The highest BCUT2D eigenvalue weighted by molar-refractivity contribution is 5.97. The molecule has 7 heteroatoms. The van der Waals surface area contributed by atoms with E-state index in [4.69, 9.17) is 0 Å². The van der Waals surface area contributed by atoms with E-state index in [0.717, 1.165) is 0 Å². The fourth-order valence-electron chi connectivity index (χ4n) is 2.66. The minimum atomic E-state index is -2.66. The molecule has 2 aromatic rings. The summed E-state index contributed by atoms with van der Waals surface area (Å²) >= 11 is 0. The Balaban J connectivity index is 1.96. The van der Waals surface area contributed by atoms with Crippen LogP contribution < -0.4 is 0 Å². The van der Waals surface area contributed by atoms with Gasteiger partial charge in [0.25, 0.3) is 12.3 Å². The molecule has 21 heavy (non-hydrogen) atoms. The summed E-state index contributed by atoms with van der Waals surface area (Å²) in [4.78, 5) is 17.7. The normalized spacial score (nSPS) is 18.9. The second-order valence-corrected chi connectivity index (χ2v) is 5.23. The van der Waals surface area contributed by atoms with Crippen LogP contribution in [0.5, 0.6) is 0 Å². The third-order valence-electron chi connectivity index (χ3n) is 3.81. The first-order valence-corrected chi connectivity index (χ1v) is 6.69. The van der Waals surface area contributed by atoms with E-state index < -0.39 is 12.5 Å². The first-order valence-electron chi connectivity index (χ1n) is 6.69. The summed E-state index contributed by atoms with van der Waals surface area (Å²) in [5, 5.41) is 9.48. The number of hydrogen-bond donors (Lipinski definition) is 1. The topological polar surface area (TPSA) is 58.4 Å². The van der Waals surface area contributed by atoms with Crippen LogP contribution in [-0.4, -0.2) is 44.7 Å². The van der Waals surface area contributed by atoms with Crippen molar-refractivity contribution in [1.29, 1.82) is 0 Å². The number of carbonyl (C=O) groups excluding carboxylic acids is 1. The van der Waals surface area contributed by atoms with E-state index in [1.807, 2.05) is 0 Å². The third kappa shape index (κ3) is 2.37. The van der Waals surface area contributed by atoms with Gasteiger partial charge in [0.1, 0.15) is 0 Å². The van der Waals surface area contributed by atoms with Crippen molar-refractivity contribution in [2.45, 2.75) is 19.0 Å². The zero-order valence-corrected chi connectivity index (χ0v) is 11.5. The second-order valence-electron chi connectivity index (χ2n) is 5.23. The summed E-state index contributed by atoms with van der Waals surface area (Å²) in [6.07, 6.45) is -2.58. The van der Waals surface area contributed by atoms with Gasteiger partial charge < -0.3 is 14.6 Å². The molecule has 1 aromatic heterocycles. The monoisotopic (exact) mass is 295 g/mol. The Labute approximate surface area is 119 Å². The first kappa shape index (κ1) is 13.9. The van der Waals surface area contributed by atoms with Gasteiger partial charge in [0.2, 0.25) is 0 Å². The van der Waals surface area contributed by atoms with Crippen LogP contribution in [0.3, 0.4) is 0 Å². The molecule has 1 atom stereocenters. The molecule has 0 saturated carbocycles. The smallest absolute Gasteiger partial charge is 0.295 e. The highest BCUT2D eigenvalue weighted by Gasteiger charge is 2.26. The molecule has 1 aliphatic heterocycles. The van der Waals surface area contributed by atoms with Crippen LogP contribution in [0.4, 0.5) is 8.78 Å². The maximum Gasteiger partial charge on any atom is 0.295 e. The van der Waals surface area contributed by atoms with E-state index in [1.54, 1.807) is 17.0 Å². The van der Waals surface area contributed by atoms with E-state index in [0.29, 0.717) is 36.1 Å². The first-order chi connectivity index (χ1) is 9.97. The Hall–Kier alpha value is -2.02. The van der Waals surface area contributed by atoms with Crippen LogP contribution in [0.25, 0.3) is 11.0 Å². The van der Waals surface area contributed by atoms with Crippen molar-refractivity contribution >= 4 is 16.9 Å². The lowest BCUT2D eigenvalue weighted by Gasteiger charge is -2.15. The van der Waals surface area contributed by atoms with Crippen LogP contribution in [0.1, 0.15) is 29.0 Å². The highest BCUT2D eigenvalue weighted by Crippen LogP contribution is 2.24. The molecular weight excluding hydrogens is 280 g/mol. The van der Waals surface area contributed by atoms with E-state index in [9.17, 15) is 18.7 Å². The molecular formula is C14H15F2N3O2. The number of fused-ring (bicyclic) bond motifs is 1. The summed E-state index contributed by atoms with van der Waals surface area (Å²) in [6.45, 7) is 0.809. The number of carbonyl (C=O) groups is 1.